The zero-order valence-corrected chi connectivity index (χ0v) is 13.8. The summed E-state index contributed by atoms with van der Waals surface area (Å²) in [4.78, 5) is 23.3. The first-order valence-electron chi connectivity index (χ1n) is 8.21. The van der Waals surface area contributed by atoms with Crippen LogP contribution in [0.1, 0.15) is 40.0 Å². The lowest BCUT2D eigenvalue weighted by Gasteiger charge is -2.24. The van der Waals surface area contributed by atoms with Crippen molar-refractivity contribution >= 4 is 11.9 Å². The molecule has 6 atom stereocenters. The molecule has 0 aromatic carbocycles. The van der Waals surface area contributed by atoms with Gasteiger partial charge in [-0.3, -0.25) is 9.59 Å². The molecule has 0 radical (unpaired) electrons. The van der Waals surface area contributed by atoms with E-state index >= 15 is 0 Å². The second kappa shape index (κ2) is 5.91. The van der Waals surface area contributed by atoms with Crippen LogP contribution >= 0.6 is 0 Å². The number of carbonyl (C=O) groups is 2. The van der Waals surface area contributed by atoms with E-state index in [1.165, 1.54) is 6.92 Å². The van der Waals surface area contributed by atoms with Gasteiger partial charge in [0, 0.05) is 19.3 Å². The number of esters is 2. The average molecular weight is 324 g/mol. The van der Waals surface area contributed by atoms with Crippen LogP contribution in [0.25, 0.3) is 0 Å². The third-order valence-electron chi connectivity index (χ3n) is 5.41. The number of hydrogen-bond donors (Lipinski definition) is 1. The van der Waals surface area contributed by atoms with Crippen molar-refractivity contribution in [2.75, 3.05) is 6.61 Å². The number of hydrogen-bond acceptors (Lipinski definition) is 6. The molecular formula is C17H24O6. The Balaban J connectivity index is 1.92. The highest BCUT2D eigenvalue weighted by Gasteiger charge is 2.55. The van der Waals surface area contributed by atoms with Crippen LogP contribution in [0.4, 0.5) is 0 Å². The number of carbonyl (C=O) groups excluding carboxylic acids is 2. The molecule has 6 heteroatoms. The summed E-state index contributed by atoms with van der Waals surface area (Å²) in [6, 6.07) is 0. The second-order valence-electron chi connectivity index (χ2n) is 7.05. The number of fused-ring (bicyclic) bond motifs is 2. The van der Waals surface area contributed by atoms with E-state index in [0.717, 1.165) is 12.8 Å². The fourth-order valence-corrected chi connectivity index (χ4v) is 3.76. The van der Waals surface area contributed by atoms with Crippen molar-refractivity contribution in [1.82, 2.24) is 0 Å². The van der Waals surface area contributed by atoms with Gasteiger partial charge in [0.05, 0.1) is 24.2 Å². The number of aliphatic hydroxyl groups excluding tert-OH is 1. The van der Waals surface area contributed by atoms with Crippen LogP contribution in [0.2, 0.25) is 0 Å². The van der Waals surface area contributed by atoms with E-state index in [0.29, 0.717) is 12.0 Å². The van der Waals surface area contributed by atoms with E-state index in [4.69, 9.17) is 14.2 Å². The number of ether oxygens (including phenoxy) is 3. The van der Waals surface area contributed by atoms with Crippen molar-refractivity contribution in [1.29, 1.82) is 0 Å². The normalized spacial score (nSPS) is 45.1. The van der Waals surface area contributed by atoms with Crippen molar-refractivity contribution in [2.45, 2.75) is 63.9 Å². The largest absolute Gasteiger partial charge is 0.458 e. The first-order valence-corrected chi connectivity index (χ1v) is 8.21. The number of rotatable bonds is 2. The molecule has 3 rings (SSSR count). The number of aliphatic hydroxyl groups is 1. The first kappa shape index (κ1) is 16.5. The Morgan fingerprint density at radius 2 is 2.26 bits per heavy atom. The van der Waals surface area contributed by atoms with Crippen molar-refractivity contribution in [3.05, 3.63) is 11.6 Å². The summed E-state index contributed by atoms with van der Waals surface area (Å²) in [5.41, 5.74) is 0.337. The molecule has 3 aliphatic rings. The topological polar surface area (TPSA) is 85.4 Å². The molecule has 0 amide bonds. The van der Waals surface area contributed by atoms with Gasteiger partial charge in [-0.2, -0.15) is 0 Å². The number of epoxide rings is 1. The van der Waals surface area contributed by atoms with Crippen LogP contribution in [0.5, 0.6) is 0 Å². The molecule has 2 unspecified atom stereocenters. The third-order valence-corrected chi connectivity index (χ3v) is 5.41. The molecule has 2 heterocycles. The lowest BCUT2D eigenvalue weighted by molar-refractivity contribution is -0.146. The quantitative estimate of drug-likeness (QED) is 0.469. The van der Waals surface area contributed by atoms with Crippen LogP contribution in [-0.2, 0) is 23.8 Å². The van der Waals surface area contributed by atoms with E-state index in [1.807, 2.05) is 13.8 Å². The highest BCUT2D eigenvalue weighted by molar-refractivity contribution is 5.75. The molecule has 6 nitrogen and oxygen atoms in total. The van der Waals surface area contributed by atoms with Crippen molar-refractivity contribution in [2.24, 2.45) is 11.8 Å². The van der Waals surface area contributed by atoms with Gasteiger partial charge in [-0.1, -0.05) is 6.92 Å². The van der Waals surface area contributed by atoms with Gasteiger partial charge in [0.15, 0.2) is 0 Å². The van der Waals surface area contributed by atoms with Crippen molar-refractivity contribution in [3.63, 3.8) is 0 Å². The summed E-state index contributed by atoms with van der Waals surface area (Å²) in [5.74, 6) is -0.734. The van der Waals surface area contributed by atoms with Crippen LogP contribution in [-0.4, -0.2) is 47.6 Å². The minimum absolute atomic E-state index is 0.00618. The zero-order chi connectivity index (χ0) is 16.8. The standard InChI is InChI=1S/C17H24O6/c1-9-12-4-5-17(3)15(23-17)7-13(21-10(2)19)11(8-18)6-14(12)22-16(9)20/h6,9,12-15,18H,4-5,7-8H2,1-3H3/b11-6-/t9?,12-,13?,14-,15-,17-/m0/s1. The van der Waals surface area contributed by atoms with Crippen LogP contribution < -0.4 is 0 Å². The van der Waals surface area contributed by atoms with Crippen LogP contribution in [0.3, 0.4) is 0 Å². The molecule has 2 fully saturated rings. The minimum atomic E-state index is -0.544. The predicted molar refractivity (Wildman–Crippen MR) is 80.4 cm³/mol. The molecule has 1 aliphatic carbocycles. The Hall–Kier alpha value is -1.40. The van der Waals surface area contributed by atoms with Gasteiger partial charge >= 0.3 is 11.9 Å². The third kappa shape index (κ3) is 3.15. The summed E-state index contributed by atoms with van der Waals surface area (Å²) < 4.78 is 16.7. The Morgan fingerprint density at radius 1 is 1.52 bits per heavy atom. The zero-order valence-electron chi connectivity index (χ0n) is 13.8. The molecule has 0 spiro atoms. The highest BCUT2D eigenvalue weighted by Crippen LogP contribution is 2.47. The maximum Gasteiger partial charge on any atom is 0.309 e. The van der Waals surface area contributed by atoms with Gasteiger partial charge in [0.25, 0.3) is 0 Å². The van der Waals surface area contributed by atoms with Crippen molar-refractivity contribution < 1.29 is 28.9 Å². The van der Waals surface area contributed by atoms with E-state index in [1.54, 1.807) is 6.08 Å². The predicted octanol–water partition coefficient (Wildman–Crippen LogP) is 1.36. The molecule has 0 bridgehead atoms. The average Bonchev–Trinajstić information content (AvgIpc) is 3.03. The van der Waals surface area contributed by atoms with E-state index in [-0.39, 0.29) is 42.2 Å². The molecule has 128 valence electrons. The Kier molecular flexibility index (Phi) is 4.23. The van der Waals surface area contributed by atoms with Gasteiger partial charge < -0.3 is 19.3 Å². The highest BCUT2D eigenvalue weighted by atomic mass is 16.6. The molecule has 0 aromatic heterocycles. The minimum Gasteiger partial charge on any atom is -0.458 e. The summed E-state index contributed by atoms with van der Waals surface area (Å²) >= 11 is 0. The molecule has 23 heavy (non-hydrogen) atoms. The molecule has 2 aliphatic heterocycles. The van der Waals surface area contributed by atoms with Gasteiger partial charge in [0.1, 0.15) is 12.2 Å². The van der Waals surface area contributed by atoms with E-state index in [9.17, 15) is 14.7 Å². The van der Waals surface area contributed by atoms with Gasteiger partial charge in [0.2, 0.25) is 0 Å². The maximum atomic E-state index is 11.9. The first-order chi connectivity index (χ1) is 10.8. The summed E-state index contributed by atoms with van der Waals surface area (Å²) in [6.07, 6.45) is 3.04. The smallest absolute Gasteiger partial charge is 0.309 e. The Bertz CT molecular complexity index is 541. The monoisotopic (exact) mass is 324 g/mol. The Morgan fingerprint density at radius 3 is 2.91 bits per heavy atom. The maximum absolute atomic E-state index is 11.9. The van der Waals surface area contributed by atoms with Gasteiger partial charge in [-0.05, 0) is 31.4 Å². The lowest BCUT2D eigenvalue weighted by atomic mass is 9.82. The molecule has 0 aromatic rings. The SMILES string of the molecule is CC(=O)OC1C[C@@H]2O[C@@]2(C)CC[C@H]2C(C)C(=O)O[C@H]2/C=C\1CO. The fourth-order valence-electron chi connectivity index (χ4n) is 3.76. The summed E-state index contributed by atoms with van der Waals surface area (Å²) in [7, 11) is 0. The molecule has 1 N–H and O–H groups in total. The van der Waals surface area contributed by atoms with E-state index in [2.05, 4.69) is 0 Å². The van der Waals surface area contributed by atoms with E-state index < -0.39 is 12.1 Å². The molecule has 0 saturated carbocycles. The summed E-state index contributed by atoms with van der Waals surface area (Å²) in [5, 5.41) is 9.73. The molecule has 2 saturated heterocycles. The summed E-state index contributed by atoms with van der Waals surface area (Å²) in [6.45, 7) is 5.03. The lowest BCUT2D eigenvalue weighted by Crippen LogP contribution is -2.29. The van der Waals surface area contributed by atoms with Crippen molar-refractivity contribution in [3.8, 4) is 0 Å². The van der Waals surface area contributed by atoms with Crippen LogP contribution in [0.15, 0.2) is 11.6 Å². The fraction of sp³-hybridized carbons (Fsp3) is 0.765. The Labute approximate surface area is 135 Å². The van der Waals surface area contributed by atoms with Crippen LogP contribution in [0, 0.1) is 11.8 Å². The second-order valence-corrected chi connectivity index (χ2v) is 7.05. The van der Waals surface area contributed by atoms with Gasteiger partial charge in [-0.25, -0.2) is 0 Å². The van der Waals surface area contributed by atoms with Gasteiger partial charge in [-0.15, -0.1) is 0 Å². The molecular weight excluding hydrogens is 300 g/mol.